The first-order chi connectivity index (χ1) is 9.05. The predicted molar refractivity (Wildman–Crippen MR) is 72.6 cm³/mol. The fourth-order valence-corrected chi connectivity index (χ4v) is 4.85. The normalized spacial score (nSPS) is 24.4. The molecule has 1 aromatic carbocycles. The summed E-state index contributed by atoms with van der Waals surface area (Å²) < 4.78 is 25.7. The molecule has 2 aliphatic carbocycles. The maximum Gasteiger partial charge on any atom is 0.239 e. The molecule has 1 aromatic rings. The van der Waals surface area contributed by atoms with Crippen LogP contribution in [0.3, 0.4) is 0 Å². The maximum atomic E-state index is 12.3. The van der Waals surface area contributed by atoms with Crippen LogP contribution in [-0.4, -0.2) is 25.2 Å². The van der Waals surface area contributed by atoms with Crippen LogP contribution in [0.5, 0.6) is 0 Å². The standard InChI is InChI=1S/C14H19NO3S/c1-15(18-11-12-6-3-2-4-7-12)19(16,17)13-10-14(13)8-5-9-14/h2-4,6-7,13H,5,8-11H2,1H3. The van der Waals surface area contributed by atoms with E-state index in [0.717, 1.165) is 29.3 Å². The molecule has 19 heavy (non-hydrogen) atoms. The van der Waals surface area contributed by atoms with Gasteiger partial charge < -0.3 is 0 Å². The van der Waals surface area contributed by atoms with Gasteiger partial charge in [-0.2, -0.15) is 0 Å². The van der Waals surface area contributed by atoms with Crippen LogP contribution < -0.4 is 0 Å². The molecule has 0 aliphatic heterocycles. The minimum Gasteiger partial charge on any atom is -0.280 e. The lowest BCUT2D eigenvalue weighted by atomic mass is 9.82. The lowest BCUT2D eigenvalue weighted by Crippen LogP contribution is -2.34. The Hall–Kier alpha value is -0.910. The maximum absolute atomic E-state index is 12.3. The fraction of sp³-hybridized carbons (Fsp3) is 0.571. The van der Waals surface area contributed by atoms with Gasteiger partial charge in [0.05, 0.1) is 11.9 Å². The minimum atomic E-state index is -3.29. The first-order valence-electron chi connectivity index (χ1n) is 6.69. The van der Waals surface area contributed by atoms with Gasteiger partial charge in [-0.05, 0) is 30.2 Å². The number of hydroxylamine groups is 1. The van der Waals surface area contributed by atoms with Crippen molar-refractivity contribution in [2.45, 2.75) is 37.5 Å². The van der Waals surface area contributed by atoms with Gasteiger partial charge in [-0.15, -0.1) is 0 Å². The van der Waals surface area contributed by atoms with Crippen molar-refractivity contribution in [3.05, 3.63) is 35.9 Å². The van der Waals surface area contributed by atoms with E-state index < -0.39 is 10.0 Å². The monoisotopic (exact) mass is 281 g/mol. The van der Waals surface area contributed by atoms with Crippen molar-refractivity contribution in [3.8, 4) is 0 Å². The first kappa shape index (κ1) is 13.1. The van der Waals surface area contributed by atoms with Crippen LogP contribution in [0.4, 0.5) is 0 Å². The van der Waals surface area contributed by atoms with Gasteiger partial charge in [0.15, 0.2) is 0 Å². The summed E-state index contributed by atoms with van der Waals surface area (Å²) in [5, 5.41) is -0.213. The van der Waals surface area contributed by atoms with Gasteiger partial charge in [0.25, 0.3) is 0 Å². The zero-order valence-electron chi connectivity index (χ0n) is 11.1. The molecule has 0 amide bonds. The number of nitrogens with zero attached hydrogens (tertiary/aromatic N) is 1. The smallest absolute Gasteiger partial charge is 0.239 e. The van der Waals surface area contributed by atoms with Gasteiger partial charge in [0, 0.05) is 7.05 Å². The molecule has 0 radical (unpaired) electrons. The van der Waals surface area contributed by atoms with E-state index in [1.165, 1.54) is 13.5 Å². The highest BCUT2D eigenvalue weighted by Gasteiger charge is 2.64. The third-order valence-corrected chi connectivity index (χ3v) is 6.65. The van der Waals surface area contributed by atoms with Gasteiger partial charge in [0.1, 0.15) is 0 Å². The number of hydrogen-bond acceptors (Lipinski definition) is 3. The van der Waals surface area contributed by atoms with Crippen molar-refractivity contribution in [1.82, 2.24) is 4.47 Å². The Labute approximate surface area is 114 Å². The first-order valence-corrected chi connectivity index (χ1v) is 8.20. The van der Waals surface area contributed by atoms with E-state index in [2.05, 4.69) is 0 Å². The van der Waals surface area contributed by atoms with E-state index in [9.17, 15) is 8.42 Å². The topological polar surface area (TPSA) is 46.6 Å². The summed E-state index contributed by atoms with van der Waals surface area (Å²) in [6.07, 6.45) is 4.10. The molecule has 0 N–H and O–H groups in total. The van der Waals surface area contributed by atoms with E-state index in [-0.39, 0.29) is 17.3 Å². The van der Waals surface area contributed by atoms with E-state index >= 15 is 0 Å². The molecule has 4 nitrogen and oxygen atoms in total. The number of hydrogen-bond donors (Lipinski definition) is 0. The Morgan fingerprint density at radius 3 is 2.53 bits per heavy atom. The summed E-state index contributed by atoms with van der Waals surface area (Å²) in [4.78, 5) is 5.40. The molecular formula is C14H19NO3S. The van der Waals surface area contributed by atoms with E-state index in [0.29, 0.717) is 0 Å². The Morgan fingerprint density at radius 1 is 1.32 bits per heavy atom. The zero-order valence-corrected chi connectivity index (χ0v) is 11.9. The molecule has 2 saturated carbocycles. The summed E-state index contributed by atoms with van der Waals surface area (Å²) in [6, 6.07) is 9.60. The Kier molecular flexibility index (Phi) is 3.15. The van der Waals surface area contributed by atoms with Crippen LogP contribution in [-0.2, 0) is 21.5 Å². The fourth-order valence-electron chi connectivity index (χ4n) is 2.88. The zero-order chi connectivity index (χ0) is 13.5. The lowest BCUT2D eigenvalue weighted by Gasteiger charge is -2.27. The SMILES string of the molecule is CN(OCc1ccccc1)S(=O)(=O)C1CC12CCC2. The second-order valence-corrected chi connectivity index (χ2v) is 7.74. The summed E-state index contributed by atoms with van der Waals surface area (Å²) in [5.74, 6) is 0. The van der Waals surface area contributed by atoms with Crippen LogP contribution >= 0.6 is 0 Å². The van der Waals surface area contributed by atoms with Crippen LogP contribution in [0.25, 0.3) is 0 Å². The van der Waals surface area contributed by atoms with Gasteiger partial charge in [-0.25, -0.2) is 8.42 Å². The van der Waals surface area contributed by atoms with Crippen LogP contribution in [0.1, 0.15) is 31.2 Å². The average Bonchev–Trinajstić information content (AvgIpc) is 3.13. The molecule has 1 unspecified atom stereocenters. The molecule has 0 bridgehead atoms. The molecule has 1 spiro atoms. The molecule has 5 heteroatoms. The van der Waals surface area contributed by atoms with E-state index in [1.54, 1.807) is 0 Å². The lowest BCUT2D eigenvalue weighted by molar-refractivity contribution is -0.0775. The molecule has 104 valence electrons. The largest absolute Gasteiger partial charge is 0.280 e. The molecule has 2 fully saturated rings. The van der Waals surface area contributed by atoms with Crippen molar-refractivity contribution in [1.29, 1.82) is 0 Å². The molecule has 1 atom stereocenters. The van der Waals surface area contributed by atoms with Crippen LogP contribution in [0.2, 0.25) is 0 Å². The summed E-state index contributed by atoms with van der Waals surface area (Å²) >= 11 is 0. The van der Waals surface area contributed by atoms with E-state index in [1.807, 2.05) is 30.3 Å². The summed E-state index contributed by atoms with van der Waals surface area (Å²) in [6.45, 7) is 0.288. The Morgan fingerprint density at radius 2 is 2.00 bits per heavy atom. The molecule has 0 heterocycles. The van der Waals surface area contributed by atoms with Crippen molar-refractivity contribution < 1.29 is 13.3 Å². The second-order valence-electron chi connectivity index (χ2n) is 5.62. The van der Waals surface area contributed by atoms with Crippen molar-refractivity contribution >= 4 is 10.0 Å². The molecule has 0 aromatic heterocycles. The minimum absolute atomic E-state index is 0.100. The third-order valence-electron chi connectivity index (χ3n) is 4.44. The quantitative estimate of drug-likeness (QED) is 0.778. The predicted octanol–water partition coefficient (Wildman–Crippen LogP) is 2.32. The van der Waals surface area contributed by atoms with Gasteiger partial charge in [0.2, 0.25) is 10.0 Å². The highest BCUT2D eigenvalue weighted by molar-refractivity contribution is 7.89. The highest BCUT2D eigenvalue weighted by atomic mass is 32.2. The third kappa shape index (κ3) is 2.30. The van der Waals surface area contributed by atoms with Gasteiger partial charge in [-0.1, -0.05) is 41.2 Å². The Bertz CT molecular complexity index is 551. The summed E-state index contributed by atoms with van der Waals surface area (Å²) in [5.41, 5.74) is 1.07. The van der Waals surface area contributed by atoms with Gasteiger partial charge >= 0.3 is 0 Å². The molecule has 0 saturated heterocycles. The number of rotatable bonds is 5. The second kappa shape index (κ2) is 4.58. The van der Waals surface area contributed by atoms with Crippen LogP contribution in [0, 0.1) is 5.41 Å². The van der Waals surface area contributed by atoms with E-state index in [4.69, 9.17) is 4.84 Å². The number of sulfonamides is 1. The van der Waals surface area contributed by atoms with Gasteiger partial charge in [-0.3, -0.25) is 4.84 Å². The average molecular weight is 281 g/mol. The van der Waals surface area contributed by atoms with Crippen LogP contribution in [0.15, 0.2) is 30.3 Å². The van der Waals surface area contributed by atoms with Crippen molar-refractivity contribution in [2.24, 2.45) is 5.41 Å². The number of benzene rings is 1. The van der Waals surface area contributed by atoms with Crippen molar-refractivity contribution in [2.75, 3.05) is 7.05 Å². The highest BCUT2D eigenvalue weighted by Crippen LogP contribution is 2.64. The van der Waals surface area contributed by atoms with Crippen molar-refractivity contribution in [3.63, 3.8) is 0 Å². The summed E-state index contributed by atoms with van der Waals surface area (Å²) in [7, 11) is -1.79. The molecular weight excluding hydrogens is 262 g/mol. The molecule has 2 aliphatic rings. The molecule has 3 rings (SSSR count). The Balaban J connectivity index is 1.59.